The SMILES string of the molecule is CCCNC(=O)[C@H](CCC(=O)OC(C)(C)C)NC(=O)CC[C@H](N)C(=O)OC(C)(C)C. The van der Waals surface area contributed by atoms with Crippen LogP contribution in [0.25, 0.3) is 0 Å². The molecule has 0 heterocycles. The molecule has 0 aromatic heterocycles. The summed E-state index contributed by atoms with van der Waals surface area (Å²) in [5, 5.41) is 5.33. The summed E-state index contributed by atoms with van der Waals surface area (Å²) in [7, 11) is 0. The third kappa shape index (κ3) is 13.9. The van der Waals surface area contributed by atoms with E-state index in [1.165, 1.54) is 0 Å². The van der Waals surface area contributed by atoms with Gasteiger partial charge in [-0.15, -0.1) is 0 Å². The highest BCUT2D eigenvalue weighted by Gasteiger charge is 2.26. The zero-order chi connectivity index (χ0) is 23.5. The largest absolute Gasteiger partial charge is 0.460 e. The number of amides is 2. The molecule has 0 saturated heterocycles. The van der Waals surface area contributed by atoms with Crippen molar-refractivity contribution in [3.8, 4) is 0 Å². The van der Waals surface area contributed by atoms with Crippen LogP contribution < -0.4 is 16.4 Å². The van der Waals surface area contributed by atoms with Crippen molar-refractivity contribution in [1.82, 2.24) is 10.6 Å². The highest BCUT2D eigenvalue weighted by molar-refractivity contribution is 5.88. The number of hydrogen-bond donors (Lipinski definition) is 3. The van der Waals surface area contributed by atoms with Crippen molar-refractivity contribution in [2.75, 3.05) is 6.54 Å². The summed E-state index contributed by atoms with van der Waals surface area (Å²) in [6.45, 7) is 12.8. The molecule has 0 aromatic carbocycles. The van der Waals surface area contributed by atoms with Crippen LogP contribution in [-0.2, 0) is 28.7 Å². The van der Waals surface area contributed by atoms with E-state index in [1.54, 1.807) is 41.5 Å². The van der Waals surface area contributed by atoms with Gasteiger partial charge in [0, 0.05) is 19.4 Å². The molecule has 9 nitrogen and oxygen atoms in total. The van der Waals surface area contributed by atoms with Crippen molar-refractivity contribution in [3.63, 3.8) is 0 Å². The zero-order valence-electron chi connectivity index (χ0n) is 19.4. The summed E-state index contributed by atoms with van der Waals surface area (Å²) in [6.07, 6.45) is 0.858. The molecule has 0 aliphatic heterocycles. The summed E-state index contributed by atoms with van der Waals surface area (Å²) < 4.78 is 10.4. The van der Waals surface area contributed by atoms with Gasteiger partial charge in [-0.25, -0.2) is 0 Å². The van der Waals surface area contributed by atoms with Gasteiger partial charge in [-0.3, -0.25) is 19.2 Å². The van der Waals surface area contributed by atoms with Crippen LogP contribution in [-0.4, -0.2) is 53.6 Å². The molecule has 0 aliphatic rings. The second-order valence-electron chi connectivity index (χ2n) is 9.21. The van der Waals surface area contributed by atoms with E-state index in [-0.39, 0.29) is 31.6 Å². The van der Waals surface area contributed by atoms with Crippen LogP contribution in [0.3, 0.4) is 0 Å². The van der Waals surface area contributed by atoms with Gasteiger partial charge in [0.1, 0.15) is 23.3 Å². The summed E-state index contributed by atoms with van der Waals surface area (Å²) in [4.78, 5) is 48.5. The molecule has 0 unspecified atom stereocenters. The van der Waals surface area contributed by atoms with Crippen molar-refractivity contribution < 1.29 is 28.7 Å². The molecule has 4 N–H and O–H groups in total. The van der Waals surface area contributed by atoms with Gasteiger partial charge in [0.15, 0.2) is 0 Å². The molecule has 174 valence electrons. The first-order valence-corrected chi connectivity index (χ1v) is 10.4. The van der Waals surface area contributed by atoms with Gasteiger partial charge in [0.2, 0.25) is 11.8 Å². The number of carbonyl (C=O) groups is 4. The predicted octanol–water partition coefficient (Wildman–Crippen LogP) is 1.57. The minimum absolute atomic E-state index is 0.0147. The predicted molar refractivity (Wildman–Crippen MR) is 113 cm³/mol. The van der Waals surface area contributed by atoms with Gasteiger partial charge >= 0.3 is 11.9 Å². The molecule has 30 heavy (non-hydrogen) atoms. The monoisotopic (exact) mass is 429 g/mol. The molecule has 9 heteroatoms. The third-order valence-electron chi connectivity index (χ3n) is 3.65. The maximum atomic E-state index is 12.4. The molecule has 2 amide bonds. The van der Waals surface area contributed by atoms with Crippen LogP contribution in [0.4, 0.5) is 0 Å². The Balaban J connectivity index is 4.77. The Morgan fingerprint density at radius 3 is 1.97 bits per heavy atom. The maximum Gasteiger partial charge on any atom is 0.323 e. The van der Waals surface area contributed by atoms with E-state index < -0.39 is 41.1 Å². The summed E-state index contributed by atoms with van der Waals surface area (Å²) >= 11 is 0. The van der Waals surface area contributed by atoms with Crippen LogP contribution >= 0.6 is 0 Å². The fourth-order valence-corrected chi connectivity index (χ4v) is 2.34. The Morgan fingerprint density at radius 2 is 1.47 bits per heavy atom. The number of nitrogens with two attached hydrogens (primary N) is 1. The topological polar surface area (TPSA) is 137 Å². The second-order valence-corrected chi connectivity index (χ2v) is 9.21. The molecule has 0 rings (SSSR count). The molecule has 0 fully saturated rings. The number of rotatable bonds is 11. The Morgan fingerprint density at radius 1 is 0.900 bits per heavy atom. The van der Waals surface area contributed by atoms with Crippen molar-refractivity contribution in [2.45, 2.75) is 104 Å². The number of esters is 2. The fourth-order valence-electron chi connectivity index (χ4n) is 2.34. The van der Waals surface area contributed by atoms with Gasteiger partial charge in [-0.05, 0) is 60.8 Å². The van der Waals surface area contributed by atoms with Crippen LogP contribution in [0.1, 0.15) is 80.6 Å². The molecule has 0 radical (unpaired) electrons. The Kier molecular flexibility index (Phi) is 11.6. The number of ether oxygens (including phenoxy) is 2. The van der Waals surface area contributed by atoms with Gasteiger partial charge in [-0.1, -0.05) is 6.92 Å². The molecule has 0 aliphatic carbocycles. The highest BCUT2D eigenvalue weighted by atomic mass is 16.6. The molecule has 0 saturated carbocycles. The van der Waals surface area contributed by atoms with E-state index in [0.29, 0.717) is 6.54 Å². The standard InChI is InChI=1S/C21H39N3O6/c1-8-13-23-18(27)15(10-12-17(26)29-20(2,3)4)24-16(25)11-9-14(22)19(28)30-21(5,6)7/h14-15H,8-13,22H2,1-7H3,(H,23,27)(H,24,25)/t14-,15-/m0/s1. The average molecular weight is 430 g/mol. The van der Waals surface area contributed by atoms with E-state index in [2.05, 4.69) is 10.6 Å². The number of hydrogen-bond acceptors (Lipinski definition) is 7. The zero-order valence-corrected chi connectivity index (χ0v) is 19.4. The summed E-state index contributed by atoms with van der Waals surface area (Å²) in [5.74, 6) is -1.84. The van der Waals surface area contributed by atoms with Crippen molar-refractivity contribution in [1.29, 1.82) is 0 Å². The van der Waals surface area contributed by atoms with Crippen molar-refractivity contribution >= 4 is 23.8 Å². The van der Waals surface area contributed by atoms with Crippen LogP contribution in [0.5, 0.6) is 0 Å². The maximum absolute atomic E-state index is 12.4. The van der Waals surface area contributed by atoms with E-state index in [4.69, 9.17) is 15.2 Å². The van der Waals surface area contributed by atoms with Crippen molar-refractivity contribution in [3.05, 3.63) is 0 Å². The molecule has 0 aromatic rings. The number of carbonyl (C=O) groups excluding carboxylic acids is 4. The summed E-state index contributed by atoms with van der Waals surface area (Å²) in [6, 6.07) is -1.82. The van der Waals surface area contributed by atoms with E-state index in [0.717, 1.165) is 6.42 Å². The Bertz CT molecular complexity index is 593. The van der Waals surface area contributed by atoms with Gasteiger partial charge in [0.05, 0.1) is 0 Å². The lowest BCUT2D eigenvalue weighted by atomic mass is 10.1. The lowest BCUT2D eigenvalue weighted by Gasteiger charge is -2.23. The van der Waals surface area contributed by atoms with Gasteiger partial charge < -0.3 is 25.8 Å². The van der Waals surface area contributed by atoms with Crippen molar-refractivity contribution in [2.24, 2.45) is 5.73 Å². The van der Waals surface area contributed by atoms with Gasteiger partial charge in [0.25, 0.3) is 0 Å². The van der Waals surface area contributed by atoms with Crippen LogP contribution in [0.15, 0.2) is 0 Å². The third-order valence-corrected chi connectivity index (χ3v) is 3.65. The molecule has 0 bridgehead atoms. The highest BCUT2D eigenvalue weighted by Crippen LogP contribution is 2.11. The van der Waals surface area contributed by atoms with E-state index in [9.17, 15) is 19.2 Å². The molecular weight excluding hydrogens is 390 g/mol. The lowest BCUT2D eigenvalue weighted by Crippen LogP contribution is -2.47. The van der Waals surface area contributed by atoms with Crippen LogP contribution in [0, 0.1) is 0 Å². The lowest BCUT2D eigenvalue weighted by molar-refractivity contribution is -0.157. The molecule has 2 atom stereocenters. The normalized spacial score (nSPS) is 13.7. The first-order valence-electron chi connectivity index (χ1n) is 10.4. The first kappa shape index (κ1) is 27.8. The first-order chi connectivity index (χ1) is 13.6. The minimum Gasteiger partial charge on any atom is -0.460 e. The van der Waals surface area contributed by atoms with E-state index >= 15 is 0 Å². The quantitative estimate of drug-likeness (QED) is 0.424. The number of nitrogens with one attached hydrogen (secondary N) is 2. The minimum atomic E-state index is -0.941. The second kappa shape index (κ2) is 12.5. The van der Waals surface area contributed by atoms with Crippen LogP contribution in [0.2, 0.25) is 0 Å². The Hall–Kier alpha value is -2.16. The smallest absolute Gasteiger partial charge is 0.323 e. The average Bonchev–Trinajstić information content (AvgIpc) is 2.57. The fraction of sp³-hybridized carbons (Fsp3) is 0.810. The van der Waals surface area contributed by atoms with E-state index in [1.807, 2.05) is 6.92 Å². The summed E-state index contributed by atoms with van der Waals surface area (Å²) in [5.41, 5.74) is 4.50. The molecular formula is C21H39N3O6. The Labute approximate surface area is 179 Å². The van der Waals surface area contributed by atoms with Gasteiger partial charge in [-0.2, -0.15) is 0 Å². The molecule has 0 spiro atoms.